The molecule has 0 aliphatic carbocycles. The van der Waals surface area contributed by atoms with Crippen LogP contribution >= 0.6 is 39.2 Å². The molecule has 1 amide bonds. The minimum atomic E-state index is -0.583. The molecule has 35 heavy (non-hydrogen) atoms. The maximum atomic E-state index is 12.5. The lowest BCUT2D eigenvalue weighted by Crippen LogP contribution is -2.13. The van der Waals surface area contributed by atoms with Gasteiger partial charge in [-0.05, 0) is 58.1 Å². The standard InChI is InChI=1S/C23H21BrN4O5S2/c1-30-17-6-4-5-7-18(17)32-8-9-33-20-16(24)11-14(12-19(20)31-2)10-15(13-25)21(29)26-22-27-23(34-3)28-35-22/h4-7,10-12H,8-9H2,1-3H3,(H,26,27,28,29)/b15-10-. The Morgan fingerprint density at radius 2 is 1.89 bits per heavy atom. The number of benzene rings is 2. The zero-order valence-corrected chi connectivity index (χ0v) is 22.3. The molecule has 0 aliphatic heterocycles. The van der Waals surface area contributed by atoms with Crippen LogP contribution in [0, 0.1) is 11.3 Å². The van der Waals surface area contributed by atoms with Gasteiger partial charge in [-0.3, -0.25) is 10.1 Å². The van der Waals surface area contributed by atoms with Crippen molar-refractivity contribution in [2.45, 2.75) is 5.16 Å². The van der Waals surface area contributed by atoms with Crippen molar-refractivity contribution in [3.8, 4) is 29.1 Å². The first-order valence-corrected chi connectivity index (χ1v) is 12.8. The average molecular weight is 577 g/mol. The summed E-state index contributed by atoms with van der Waals surface area (Å²) in [6.45, 7) is 0.522. The quantitative estimate of drug-likeness (QED) is 0.145. The van der Waals surface area contributed by atoms with Gasteiger partial charge in [-0.2, -0.15) is 14.6 Å². The fraction of sp³-hybridized carbons (Fsp3) is 0.217. The number of ether oxygens (including phenoxy) is 4. The van der Waals surface area contributed by atoms with E-state index in [0.717, 1.165) is 11.5 Å². The molecular formula is C23H21BrN4O5S2. The predicted molar refractivity (Wildman–Crippen MR) is 139 cm³/mol. The fourth-order valence-corrected chi connectivity index (χ4v) is 4.52. The van der Waals surface area contributed by atoms with Crippen molar-refractivity contribution in [2.24, 2.45) is 0 Å². The molecule has 0 unspecified atom stereocenters. The molecule has 9 nitrogen and oxygen atoms in total. The van der Waals surface area contributed by atoms with Gasteiger partial charge in [-0.15, -0.1) is 0 Å². The van der Waals surface area contributed by atoms with Gasteiger partial charge in [0.25, 0.3) is 5.91 Å². The second-order valence-corrected chi connectivity index (χ2v) is 8.97. The summed E-state index contributed by atoms with van der Waals surface area (Å²) >= 11 is 5.88. The fourth-order valence-electron chi connectivity index (χ4n) is 2.82. The third-order valence-corrected chi connectivity index (χ3v) is 6.28. The van der Waals surface area contributed by atoms with Crippen LogP contribution in [0.4, 0.5) is 5.13 Å². The molecule has 0 spiro atoms. The summed E-state index contributed by atoms with van der Waals surface area (Å²) in [5.41, 5.74) is 0.471. The largest absolute Gasteiger partial charge is 0.493 e. The molecule has 0 saturated carbocycles. The Labute approximate surface area is 219 Å². The molecule has 3 rings (SSSR count). The van der Waals surface area contributed by atoms with Crippen LogP contribution in [0.15, 0.2) is 51.6 Å². The lowest BCUT2D eigenvalue weighted by molar-refractivity contribution is -0.112. The summed E-state index contributed by atoms with van der Waals surface area (Å²) in [5, 5.41) is 13.0. The number of anilines is 1. The van der Waals surface area contributed by atoms with Gasteiger partial charge >= 0.3 is 0 Å². The first-order valence-electron chi connectivity index (χ1n) is 10.1. The Hall–Kier alpha value is -3.27. The van der Waals surface area contributed by atoms with Crippen molar-refractivity contribution < 1.29 is 23.7 Å². The monoisotopic (exact) mass is 576 g/mol. The summed E-state index contributed by atoms with van der Waals surface area (Å²) in [5.74, 6) is 1.56. The highest BCUT2D eigenvalue weighted by atomic mass is 79.9. The lowest BCUT2D eigenvalue weighted by Gasteiger charge is -2.15. The van der Waals surface area contributed by atoms with E-state index in [1.165, 1.54) is 24.9 Å². The van der Waals surface area contributed by atoms with E-state index >= 15 is 0 Å². The van der Waals surface area contributed by atoms with Crippen molar-refractivity contribution in [3.63, 3.8) is 0 Å². The van der Waals surface area contributed by atoms with Gasteiger partial charge < -0.3 is 18.9 Å². The smallest absolute Gasteiger partial charge is 0.268 e. The number of hydrogen-bond donors (Lipinski definition) is 1. The van der Waals surface area contributed by atoms with Crippen LogP contribution in [-0.2, 0) is 4.79 Å². The van der Waals surface area contributed by atoms with Gasteiger partial charge in [0.1, 0.15) is 24.9 Å². The van der Waals surface area contributed by atoms with Gasteiger partial charge in [0.15, 0.2) is 23.0 Å². The molecule has 2 aromatic carbocycles. The molecule has 0 atom stereocenters. The van der Waals surface area contributed by atoms with E-state index in [4.69, 9.17) is 18.9 Å². The molecule has 1 heterocycles. The van der Waals surface area contributed by atoms with E-state index in [2.05, 4.69) is 30.6 Å². The Morgan fingerprint density at radius 3 is 2.54 bits per heavy atom. The van der Waals surface area contributed by atoms with E-state index in [-0.39, 0.29) is 18.8 Å². The van der Waals surface area contributed by atoms with E-state index in [9.17, 15) is 10.1 Å². The third-order valence-electron chi connectivity index (χ3n) is 4.39. The number of nitrogens with zero attached hydrogens (tertiary/aromatic N) is 3. The van der Waals surface area contributed by atoms with Gasteiger partial charge in [0.2, 0.25) is 10.3 Å². The maximum Gasteiger partial charge on any atom is 0.268 e. The number of halogens is 1. The minimum absolute atomic E-state index is 0.0984. The number of thioether (sulfide) groups is 1. The summed E-state index contributed by atoms with van der Waals surface area (Å²) in [4.78, 5) is 16.7. The van der Waals surface area contributed by atoms with Gasteiger partial charge in [0.05, 0.1) is 18.7 Å². The van der Waals surface area contributed by atoms with Crippen molar-refractivity contribution in [3.05, 3.63) is 52.0 Å². The number of carbonyl (C=O) groups excluding carboxylic acids is 1. The summed E-state index contributed by atoms with van der Waals surface area (Å²) in [6.07, 6.45) is 3.29. The second kappa shape index (κ2) is 13.0. The summed E-state index contributed by atoms with van der Waals surface area (Å²) < 4.78 is 27.0. The van der Waals surface area contributed by atoms with Gasteiger partial charge in [-0.1, -0.05) is 23.9 Å². The van der Waals surface area contributed by atoms with E-state index in [1.807, 2.05) is 36.6 Å². The zero-order chi connectivity index (χ0) is 25.2. The molecule has 0 fully saturated rings. The lowest BCUT2D eigenvalue weighted by atomic mass is 10.1. The summed E-state index contributed by atoms with van der Waals surface area (Å²) in [7, 11) is 3.08. The number of nitriles is 1. The molecule has 0 radical (unpaired) electrons. The van der Waals surface area contributed by atoms with Crippen molar-refractivity contribution in [2.75, 3.05) is 39.0 Å². The number of aromatic nitrogens is 2. The highest BCUT2D eigenvalue weighted by Crippen LogP contribution is 2.37. The van der Waals surface area contributed by atoms with Crippen LogP contribution in [0.2, 0.25) is 0 Å². The number of rotatable bonds is 11. The Balaban J connectivity index is 1.69. The van der Waals surface area contributed by atoms with Crippen LogP contribution in [-0.4, -0.2) is 49.0 Å². The highest BCUT2D eigenvalue weighted by Gasteiger charge is 2.16. The van der Waals surface area contributed by atoms with Crippen molar-refractivity contribution >= 4 is 56.3 Å². The Morgan fingerprint density at radius 1 is 1.17 bits per heavy atom. The number of nitrogens with one attached hydrogen (secondary N) is 1. The average Bonchev–Trinajstić information content (AvgIpc) is 3.33. The second-order valence-electron chi connectivity index (χ2n) is 6.59. The zero-order valence-electron chi connectivity index (χ0n) is 19.0. The Bertz CT molecular complexity index is 1260. The molecule has 182 valence electrons. The first-order chi connectivity index (χ1) is 17.0. The Kier molecular flexibility index (Phi) is 9.77. The molecule has 0 bridgehead atoms. The third kappa shape index (κ3) is 7.11. The number of methoxy groups -OCH3 is 2. The van der Waals surface area contributed by atoms with Gasteiger partial charge in [0, 0.05) is 11.5 Å². The summed E-state index contributed by atoms with van der Waals surface area (Å²) in [6, 6.07) is 12.6. The van der Waals surface area contributed by atoms with Crippen LogP contribution in [0.1, 0.15) is 5.56 Å². The minimum Gasteiger partial charge on any atom is -0.493 e. The molecule has 0 aliphatic rings. The molecule has 1 aromatic heterocycles. The van der Waals surface area contributed by atoms with Crippen LogP contribution in [0.5, 0.6) is 23.0 Å². The normalized spacial score (nSPS) is 10.9. The number of carbonyl (C=O) groups is 1. The van der Waals surface area contributed by atoms with Crippen molar-refractivity contribution in [1.82, 2.24) is 9.36 Å². The molecule has 12 heteroatoms. The molecular weight excluding hydrogens is 556 g/mol. The first kappa shape index (κ1) is 26.3. The van der Waals surface area contributed by atoms with Gasteiger partial charge in [-0.25, -0.2) is 0 Å². The SMILES string of the molecule is COc1ccccc1OCCOc1c(Br)cc(/C=C(/C#N)C(=O)Nc2nc(SC)ns2)cc1OC. The van der Waals surface area contributed by atoms with E-state index in [1.54, 1.807) is 19.2 Å². The van der Waals surface area contributed by atoms with E-state index < -0.39 is 5.91 Å². The van der Waals surface area contributed by atoms with Crippen LogP contribution < -0.4 is 24.3 Å². The number of para-hydroxylation sites is 2. The molecule has 0 saturated heterocycles. The number of hydrogen-bond acceptors (Lipinski definition) is 10. The topological polar surface area (TPSA) is 116 Å². The van der Waals surface area contributed by atoms with Crippen LogP contribution in [0.3, 0.4) is 0 Å². The van der Waals surface area contributed by atoms with Crippen molar-refractivity contribution in [1.29, 1.82) is 5.26 Å². The predicted octanol–water partition coefficient (Wildman–Crippen LogP) is 5.04. The van der Waals surface area contributed by atoms with E-state index in [0.29, 0.717) is 43.3 Å². The molecule has 3 aromatic rings. The maximum absolute atomic E-state index is 12.5. The van der Waals surface area contributed by atoms with Crippen LogP contribution in [0.25, 0.3) is 6.08 Å². The number of amides is 1. The highest BCUT2D eigenvalue weighted by molar-refractivity contribution is 9.10. The molecule has 1 N–H and O–H groups in total.